The molecule has 0 amide bonds. The fourth-order valence-electron chi connectivity index (χ4n) is 2.37. The summed E-state index contributed by atoms with van der Waals surface area (Å²) in [5, 5.41) is 3.25. The lowest BCUT2D eigenvalue weighted by atomic mass is 10.2. The van der Waals surface area contributed by atoms with Crippen LogP contribution in [0.1, 0.15) is 26.1 Å². The number of aromatic nitrogens is 2. The minimum Gasteiger partial charge on any atom is -0.368 e. The van der Waals surface area contributed by atoms with Gasteiger partial charge in [-0.15, -0.1) is 0 Å². The van der Waals surface area contributed by atoms with Crippen LogP contribution in [0.4, 0.5) is 11.6 Å². The number of rotatable bonds is 4. The number of anilines is 2. The summed E-state index contributed by atoms with van der Waals surface area (Å²) in [4.78, 5) is 10.7. The summed E-state index contributed by atoms with van der Waals surface area (Å²) in [6.45, 7) is 5.93. The maximum atomic E-state index is 11.6. The van der Waals surface area contributed by atoms with Crippen LogP contribution in [0, 0.1) is 6.92 Å². The molecule has 0 saturated carbocycles. The Hall–Kier alpha value is -1.37. The van der Waals surface area contributed by atoms with E-state index in [1.807, 2.05) is 38.8 Å². The normalized spacial score (nSPS) is 21.1. The summed E-state index contributed by atoms with van der Waals surface area (Å²) in [5.41, 5.74) is 0. The summed E-state index contributed by atoms with van der Waals surface area (Å²) in [7, 11) is -0.993. The lowest BCUT2D eigenvalue weighted by Crippen LogP contribution is -2.33. The molecular formula is C13H22N4O2S. The molecule has 1 fully saturated rings. The monoisotopic (exact) mass is 298 g/mol. The Morgan fingerprint density at radius 3 is 2.65 bits per heavy atom. The highest BCUT2D eigenvalue weighted by atomic mass is 32.2. The maximum Gasteiger partial charge on any atom is 0.152 e. The summed E-state index contributed by atoms with van der Waals surface area (Å²) >= 11 is 0. The third-order valence-electron chi connectivity index (χ3n) is 3.38. The Balaban J connectivity index is 2.21. The Morgan fingerprint density at radius 2 is 2.10 bits per heavy atom. The molecule has 1 saturated heterocycles. The molecule has 2 heterocycles. The van der Waals surface area contributed by atoms with Gasteiger partial charge in [0.2, 0.25) is 0 Å². The largest absolute Gasteiger partial charge is 0.368 e. The van der Waals surface area contributed by atoms with Crippen molar-refractivity contribution in [2.45, 2.75) is 39.3 Å². The zero-order chi connectivity index (χ0) is 14.9. The van der Waals surface area contributed by atoms with Crippen molar-refractivity contribution in [2.75, 3.05) is 28.8 Å². The molecule has 0 spiro atoms. The van der Waals surface area contributed by atoms with Gasteiger partial charge in [0.15, 0.2) is 9.84 Å². The van der Waals surface area contributed by atoms with Crippen LogP contribution in [0.5, 0.6) is 0 Å². The highest BCUT2D eigenvalue weighted by Gasteiger charge is 2.31. The molecular weight excluding hydrogens is 276 g/mol. The number of sulfone groups is 1. The number of hydrogen-bond acceptors (Lipinski definition) is 6. The summed E-state index contributed by atoms with van der Waals surface area (Å²) in [6, 6.07) is 2.16. The van der Waals surface area contributed by atoms with Gasteiger partial charge in [-0.25, -0.2) is 18.4 Å². The smallest absolute Gasteiger partial charge is 0.152 e. The van der Waals surface area contributed by atoms with Crippen LogP contribution < -0.4 is 10.2 Å². The van der Waals surface area contributed by atoms with Gasteiger partial charge >= 0.3 is 0 Å². The zero-order valence-corrected chi connectivity index (χ0v) is 13.2. The summed E-state index contributed by atoms with van der Waals surface area (Å²) < 4.78 is 23.2. The fourth-order valence-corrected chi connectivity index (χ4v) is 4.14. The van der Waals surface area contributed by atoms with Crippen LogP contribution in [0.2, 0.25) is 0 Å². The Bertz CT molecular complexity index is 586. The van der Waals surface area contributed by atoms with Gasteiger partial charge in [-0.3, -0.25) is 0 Å². The topological polar surface area (TPSA) is 75.2 Å². The van der Waals surface area contributed by atoms with Crippen LogP contribution in [-0.4, -0.2) is 49.0 Å². The van der Waals surface area contributed by atoms with E-state index in [4.69, 9.17) is 0 Å². The third-order valence-corrected chi connectivity index (χ3v) is 5.13. The van der Waals surface area contributed by atoms with Gasteiger partial charge < -0.3 is 10.2 Å². The molecule has 1 aliphatic heterocycles. The van der Waals surface area contributed by atoms with Crippen LogP contribution in [0.15, 0.2) is 6.07 Å². The molecule has 20 heavy (non-hydrogen) atoms. The Kier molecular flexibility index (Phi) is 4.17. The molecule has 6 nitrogen and oxygen atoms in total. The van der Waals surface area contributed by atoms with Gasteiger partial charge in [0.1, 0.15) is 17.5 Å². The first-order valence-electron chi connectivity index (χ1n) is 6.82. The molecule has 112 valence electrons. The summed E-state index contributed by atoms with van der Waals surface area (Å²) in [6.07, 6.45) is 0.662. The van der Waals surface area contributed by atoms with Crippen molar-refractivity contribution in [1.29, 1.82) is 0 Å². The van der Waals surface area contributed by atoms with E-state index < -0.39 is 9.84 Å². The van der Waals surface area contributed by atoms with Crippen molar-refractivity contribution in [3.8, 4) is 0 Å². The van der Waals surface area contributed by atoms with Gasteiger partial charge in [0.05, 0.1) is 11.5 Å². The Morgan fingerprint density at radius 1 is 1.40 bits per heavy atom. The van der Waals surface area contributed by atoms with E-state index in [1.54, 1.807) is 0 Å². The van der Waals surface area contributed by atoms with E-state index in [2.05, 4.69) is 15.3 Å². The van der Waals surface area contributed by atoms with Crippen molar-refractivity contribution in [1.82, 2.24) is 9.97 Å². The second-order valence-electron chi connectivity index (χ2n) is 5.63. The highest BCUT2D eigenvalue weighted by Crippen LogP contribution is 2.23. The number of hydrogen-bond donors (Lipinski definition) is 1. The Labute approximate surface area is 120 Å². The standard InChI is InChI=1S/C13H22N4O2S/c1-9(2)14-12-7-13(16-10(3)15-12)17(4)11-5-6-20(18,19)8-11/h7,9,11H,5-6,8H2,1-4H3,(H,14,15,16). The maximum absolute atomic E-state index is 11.6. The average molecular weight is 298 g/mol. The van der Waals surface area contributed by atoms with Crippen molar-refractivity contribution in [3.05, 3.63) is 11.9 Å². The molecule has 0 bridgehead atoms. The predicted octanol–water partition coefficient (Wildman–Crippen LogP) is 1.23. The second-order valence-corrected chi connectivity index (χ2v) is 7.85. The van der Waals surface area contributed by atoms with Gasteiger partial charge in [0, 0.05) is 25.2 Å². The minimum atomic E-state index is -2.89. The molecule has 0 aliphatic carbocycles. The van der Waals surface area contributed by atoms with E-state index in [0.29, 0.717) is 12.2 Å². The van der Waals surface area contributed by atoms with Gasteiger partial charge in [-0.05, 0) is 27.2 Å². The predicted molar refractivity (Wildman–Crippen MR) is 81.0 cm³/mol. The van der Waals surface area contributed by atoms with E-state index in [-0.39, 0.29) is 23.6 Å². The lowest BCUT2D eigenvalue weighted by Gasteiger charge is -2.25. The first-order chi connectivity index (χ1) is 9.27. The molecule has 0 aromatic carbocycles. The zero-order valence-electron chi connectivity index (χ0n) is 12.4. The molecule has 1 aromatic rings. The highest BCUT2D eigenvalue weighted by molar-refractivity contribution is 7.91. The quantitative estimate of drug-likeness (QED) is 0.901. The first-order valence-corrected chi connectivity index (χ1v) is 8.64. The van der Waals surface area contributed by atoms with E-state index in [1.165, 1.54) is 0 Å². The molecule has 1 atom stereocenters. The number of aryl methyl sites for hydroxylation is 1. The molecule has 1 aliphatic rings. The molecule has 1 unspecified atom stereocenters. The van der Waals surface area contributed by atoms with Gasteiger partial charge in [-0.1, -0.05) is 0 Å². The van der Waals surface area contributed by atoms with E-state index >= 15 is 0 Å². The first kappa shape index (κ1) is 15.0. The van der Waals surface area contributed by atoms with Crippen molar-refractivity contribution >= 4 is 21.5 Å². The molecule has 0 radical (unpaired) electrons. The average Bonchev–Trinajstić information content (AvgIpc) is 2.67. The fraction of sp³-hybridized carbons (Fsp3) is 0.692. The van der Waals surface area contributed by atoms with Crippen LogP contribution >= 0.6 is 0 Å². The molecule has 7 heteroatoms. The van der Waals surface area contributed by atoms with Crippen molar-refractivity contribution in [3.63, 3.8) is 0 Å². The lowest BCUT2D eigenvalue weighted by molar-refractivity contribution is 0.600. The minimum absolute atomic E-state index is 0.00111. The van der Waals surface area contributed by atoms with Crippen molar-refractivity contribution in [2.24, 2.45) is 0 Å². The summed E-state index contributed by atoms with van der Waals surface area (Å²) in [5.74, 6) is 2.69. The SMILES string of the molecule is Cc1nc(NC(C)C)cc(N(C)C2CCS(=O)(=O)C2)n1. The van der Waals surface area contributed by atoms with Gasteiger partial charge in [0.25, 0.3) is 0 Å². The molecule has 1 aromatic heterocycles. The van der Waals surface area contributed by atoms with Crippen LogP contribution in [-0.2, 0) is 9.84 Å². The second kappa shape index (κ2) is 5.55. The number of nitrogens with one attached hydrogen (secondary N) is 1. The van der Waals surface area contributed by atoms with E-state index in [0.717, 1.165) is 11.6 Å². The van der Waals surface area contributed by atoms with Crippen molar-refractivity contribution < 1.29 is 8.42 Å². The molecule has 1 N–H and O–H groups in total. The third kappa shape index (κ3) is 3.59. The van der Waals surface area contributed by atoms with E-state index in [9.17, 15) is 8.42 Å². The number of nitrogens with zero attached hydrogens (tertiary/aromatic N) is 3. The van der Waals surface area contributed by atoms with Crippen LogP contribution in [0.3, 0.4) is 0 Å². The van der Waals surface area contributed by atoms with Gasteiger partial charge in [-0.2, -0.15) is 0 Å². The van der Waals surface area contributed by atoms with Crippen LogP contribution in [0.25, 0.3) is 0 Å². The molecule has 2 rings (SSSR count).